The first kappa shape index (κ1) is 10.7. The molecule has 86 valence electrons. The first-order chi connectivity index (χ1) is 7.68. The van der Waals surface area contributed by atoms with Crippen molar-refractivity contribution in [1.82, 2.24) is 14.7 Å². The number of likely N-dealkylation sites (tertiary alicyclic amines) is 1. The molecule has 1 aliphatic rings. The van der Waals surface area contributed by atoms with E-state index >= 15 is 0 Å². The maximum atomic E-state index is 12.0. The third kappa shape index (κ3) is 2.05. The van der Waals surface area contributed by atoms with E-state index in [1.165, 1.54) is 10.9 Å². The number of aromatic nitrogens is 2. The number of carbonyl (C=O) groups is 2. The minimum atomic E-state index is -1.00. The fraction of sp³-hybridized carbons (Fsp3) is 0.500. The second kappa shape index (κ2) is 4.34. The van der Waals surface area contributed by atoms with Crippen LogP contribution in [0.4, 0.5) is 0 Å². The Kier molecular flexibility index (Phi) is 2.89. The van der Waals surface area contributed by atoms with Gasteiger partial charge in [-0.3, -0.25) is 9.59 Å². The molecule has 1 aromatic rings. The van der Waals surface area contributed by atoms with Gasteiger partial charge in [0, 0.05) is 19.3 Å². The van der Waals surface area contributed by atoms with Crippen LogP contribution in [0.2, 0.25) is 0 Å². The smallest absolute Gasteiger partial charge is 0.325 e. The van der Waals surface area contributed by atoms with Crippen LogP contribution in [-0.2, 0) is 11.3 Å². The van der Waals surface area contributed by atoms with Crippen LogP contribution in [0, 0.1) is 0 Å². The van der Waals surface area contributed by atoms with E-state index in [2.05, 4.69) is 5.10 Å². The van der Waals surface area contributed by atoms with Crippen molar-refractivity contribution in [3.05, 3.63) is 18.0 Å². The Balaban J connectivity index is 2.16. The van der Waals surface area contributed by atoms with E-state index in [0.29, 0.717) is 5.69 Å². The Morgan fingerprint density at radius 2 is 2.06 bits per heavy atom. The van der Waals surface area contributed by atoms with Crippen molar-refractivity contribution in [2.75, 3.05) is 13.1 Å². The number of hydrogen-bond donors (Lipinski definition) is 1. The molecule has 0 saturated carbocycles. The number of carboxylic acids is 1. The highest BCUT2D eigenvalue weighted by atomic mass is 16.4. The predicted octanol–water partition coefficient (Wildman–Crippen LogP) is 0.204. The van der Waals surface area contributed by atoms with Crippen LogP contribution in [0.1, 0.15) is 23.3 Å². The molecule has 6 heteroatoms. The van der Waals surface area contributed by atoms with Gasteiger partial charge >= 0.3 is 5.97 Å². The van der Waals surface area contributed by atoms with Crippen LogP contribution >= 0.6 is 0 Å². The monoisotopic (exact) mass is 223 g/mol. The van der Waals surface area contributed by atoms with Gasteiger partial charge in [-0.05, 0) is 18.9 Å². The summed E-state index contributed by atoms with van der Waals surface area (Å²) in [6.07, 6.45) is 3.48. The lowest BCUT2D eigenvalue weighted by atomic mass is 10.3. The average Bonchev–Trinajstić information content (AvgIpc) is 2.84. The number of aliphatic carboxylic acids is 1. The highest BCUT2D eigenvalue weighted by Gasteiger charge is 2.22. The summed E-state index contributed by atoms with van der Waals surface area (Å²) in [7, 11) is 0. The Hall–Kier alpha value is -1.85. The number of carboxylic acid groups (broad SMARTS) is 1. The molecule has 0 bridgehead atoms. The second-order valence-corrected chi connectivity index (χ2v) is 3.77. The van der Waals surface area contributed by atoms with Crippen LogP contribution in [0.15, 0.2) is 12.3 Å². The molecule has 0 aliphatic carbocycles. The van der Waals surface area contributed by atoms with E-state index in [9.17, 15) is 9.59 Å². The Labute approximate surface area is 92.5 Å². The van der Waals surface area contributed by atoms with Gasteiger partial charge in [-0.2, -0.15) is 5.10 Å². The van der Waals surface area contributed by atoms with Crippen LogP contribution in [0.25, 0.3) is 0 Å². The van der Waals surface area contributed by atoms with Crippen molar-refractivity contribution < 1.29 is 14.7 Å². The zero-order valence-electron chi connectivity index (χ0n) is 8.80. The first-order valence-electron chi connectivity index (χ1n) is 5.21. The average molecular weight is 223 g/mol. The maximum absolute atomic E-state index is 12.0. The molecule has 0 spiro atoms. The third-order valence-electron chi connectivity index (χ3n) is 2.61. The molecule has 1 amide bonds. The highest BCUT2D eigenvalue weighted by Crippen LogP contribution is 2.12. The molecule has 2 heterocycles. The molecule has 0 atom stereocenters. The molecule has 1 fully saturated rings. The molecule has 16 heavy (non-hydrogen) atoms. The van der Waals surface area contributed by atoms with Gasteiger partial charge in [0.2, 0.25) is 0 Å². The first-order valence-corrected chi connectivity index (χ1v) is 5.21. The molecular weight excluding hydrogens is 210 g/mol. The van der Waals surface area contributed by atoms with Gasteiger partial charge < -0.3 is 10.0 Å². The Morgan fingerprint density at radius 3 is 2.69 bits per heavy atom. The Bertz CT molecular complexity index is 407. The van der Waals surface area contributed by atoms with E-state index in [1.807, 2.05) is 0 Å². The van der Waals surface area contributed by atoms with E-state index in [4.69, 9.17) is 5.11 Å². The molecule has 6 nitrogen and oxygen atoms in total. The van der Waals surface area contributed by atoms with Crippen molar-refractivity contribution in [3.63, 3.8) is 0 Å². The standard InChI is InChI=1S/C10H13N3O3/c14-9(15)7-13-8(3-4-11-13)10(16)12-5-1-2-6-12/h3-4H,1-2,5-7H2,(H,14,15). The summed E-state index contributed by atoms with van der Waals surface area (Å²) in [6.45, 7) is 1.22. The normalized spacial score (nSPS) is 15.4. The van der Waals surface area contributed by atoms with Gasteiger partial charge in [0.05, 0.1) is 0 Å². The van der Waals surface area contributed by atoms with Gasteiger partial charge in [0.25, 0.3) is 5.91 Å². The van der Waals surface area contributed by atoms with Gasteiger partial charge in [0.1, 0.15) is 12.2 Å². The molecule has 0 aromatic carbocycles. The summed E-state index contributed by atoms with van der Waals surface area (Å²) >= 11 is 0. The van der Waals surface area contributed by atoms with E-state index in [0.717, 1.165) is 25.9 Å². The predicted molar refractivity (Wildman–Crippen MR) is 55.0 cm³/mol. The van der Waals surface area contributed by atoms with Crippen LogP contribution in [0.3, 0.4) is 0 Å². The quantitative estimate of drug-likeness (QED) is 0.794. The lowest BCUT2D eigenvalue weighted by molar-refractivity contribution is -0.137. The summed E-state index contributed by atoms with van der Waals surface area (Å²) in [5.74, 6) is -1.13. The highest BCUT2D eigenvalue weighted by molar-refractivity contribution is 5.93. The SMILES string of the molecule is O=C(O)Cn1nccc1C(=O)N1CCCC1. The summed E-state index contributed by atoms with van der Waals surface area (Å²) in [4.78, 5) is 24.3. The fourth-order valence-electron chi connectivity index (χ4n) is 1.85. The lowest BCUT2D eigenvalue weighted by Crippen LogP contribution is -2.30. The van der Waals surface area contributed by atoms with Crippen molar-refractivity contribution >= 4 is 11.9 Å². The van der Waals surface area contributed by atoms with E-state index in [-0.39, 0.29) is 12.5 Å². The van der Waals surface area contributed by atoms with Crippen molar-refractivity contribution in [1.29, 1.82) is 0 Å². The van der Waals surface area contributed by atoms with Gasteiger partial charge in [0.15, 0.2) is 0 Å². The largest absolute Gasteiger partial charge is 0.480 e. The minimum Gasteiger partial charge on any atom is -0.480 e. The molecule has 1 aromatic heterocycles. The van der Waals surface area contributed by atoms with Crippen molar-refractivity contribution in [3.8, 4) is 0 Å². The van der Waals surface area contributed by atoms with Crippen LogP contribution < -0.4 is 0 Å². The topological polar surface area (TPSA) is 75.4 Å². The van der Waals surface area contributed by atoms with Gasteiger partial charge in [-0.15, -0.1) is 0 Å². The zero-order valence-corrected chi connectivity index (χ0v) is 8.80. The number of carbonyl (C=O) groups excluding carboxylic acids is 1. The van der Waals surface area contributed by atoms with Gasteiger partial charge in [-0.25, -0.2) is 4.68 Å². The number of nitrogens with zero attached hydrogens (tertiary/aromatic N) is 3. The number of hydrogen-bond acceptors (Lipinski definition) is 3. The molecular formula is C10H13N3O3. The molecule has 1 aliphatic heterocycles. The molecule has 0 radical (unpaired) electrons. The van der Waals surface area contributed by atoms with E-state index in [1.54, 1.807) is 11.0 Å². The van der Waals surface area contributed by atoms with Crippen molar-refractivity contribution in [2.24, 2.45) is 0 Å². The van der Waals surface area contributed by atoms with Gasteiger partial charge in [-0.1, -0.05) is 0 Å². The lowest BCUT2D eigenvalue weighted by Gasteiger charge is -2.15. The van der Waals surface area contributed by atoms with Crippen LogP contribution in [0.5, 0.6) is 0 Å². The number of rotatable bonds is 3. The summed E-state index contributed by atoms with van der Waals surface area (Å²) < 4.78 is 1.23. The fourth-order valence-corrected chi connectivity index (χ4v) is 1.85. The second-order valence-electron chi connectivity index (χ2n) is 3.77. The molecule has 0 unspecified atom stereocenters. The summed E-state index contributed by atoms with van der Waals surface area (Å²) in [6, 6.07) is 1.56. The minimum absolute atomic E-state index is 0.128. The molecule has 2 rings (SSSR count). The van der Waals surface area contributed by atoms with Crippen molar-refractivity contribution in [2.45, 2.75) is 19.4 Å². The maximum Gasteiger partial charge on any atom is 0.325 e. The molecule has 1 N–H and O–H groups in total. The Morgan fingerprint density at radius 1 is 1.38 bits per heavy atom. The third-order valence-corrected chi connectivity index (χ3v) is 2.61. The summed E-state index contributed by atoms with van der Waals surface area (Å²) in [5.41, 5.74) is 0.351. The zero-order chi connectivity index (χ0) is 11.5. The number of amides is 1. The van der Waals surface area contributed by atoms with E-state index < -0.39 is 5.97 Å². The molecule has 1 saturated heterocycles. The van der Waals surface area contributed by atoms with Crippen LogP contribution in [-0.4, -0.2) is 44.8 Å². The summed E-state index contributed by atoms with van der Waals surface area (Å²) in [5, 5.41) is 12.5.